The second kappa shape index (κ2) is 6.18. The van der Waals surface area contributed by atoms with E-state index in [4.69, 9.17) is 5.11 Å². The molecule has 1 aliphatic heterocycles. The lowest BCUT2D eigenvalue weighted by atomic mass is 9.97. The summed E-state index contributed by atoms with van der Waals surface area (Å²) >= 11 is 0. The highest BCUT2D eigenvalue weighted by atomic mass is 16.4. The van der Waals surface area contributed by atoms with Gasteiger partial charge in [-0.2, -0.15) is 5.10 Å². The predicted molar refractivity (Wildman–Crippen MR) is 69.5 cm³/mol. The summed E-state index contributed by atoms with van der Waals surface area (Å²) in [5.41, 5.74) is -0.199. The molecule has 2 rings (SSSR count). The normalized spacial score (nSPS) is 15.9. The number of hydrogen-bond acceptors (Lipinski definition) is 4. The Balaban J connectivity index is 1.78. The van der Waals surface area contributed by atoms with E-state index < -0.39 is 6.09 Å². The number of hydrogen-bond donors (Lipinski definition) is 3. The molecule has 1 aromatic rings. The van der Waals surface area contributed by atoms with Crippen molar-refractivity contribution in [1.82, 2.24) is 20.4 Å². The molecule has 0 unspecified atom stereocenters. The highest BCUT2D eigenvalue weighted by Gasteiger charge is 2.22. The van der Waals surface area contributed by atoms with Gasteiger partial charge in [-0.15, -0.1) is 0 Å². The summed E-state index contributed by atoms with van der Waals surface area (Å²) in [7, 11) is 0. The third kappa shape index (κ3) is 3.56. The lowest BCUT2D eigenvalue weighted by molar-refractivity contribution is 0.0923. The van der Waals surface area contributed by atoms with Crippen LogP contribution in [0.2, 0.25) is 0 Å². The van der Waals surface area contributed by atoms with Crippen molar-refractivity contribution in [3.63, 3.8) is 0 Å². The summed E-state index contributed by atoms with van der Waals surface area (Å²) < 4.78 is 0. The van der Waals surface area contributed by atoms with E-state index in [2.05, 4.69) is 15.5 Å². The van der Waals surface area contributed by atoms with Crippen molar-refractivity contribution in [3.05, 3.63) is 28.2 Å². The first-order valence-electron chi connectivity index (χ1n) is 6.38. The lowest BCUT2D eigenvalue weighted by Gasteiger charge is -2.29. The fourth-order valence-electron chi connectivity index (χ4n) is 2.13. The average molecular weight is 280 g/mol. The Morgan fingerprint density at radius 2 is 2.10 bits per heavy atom. The quantitative estimate of drug-likeness (QED) is 0.714. The number of carbonyl (C=O) groups is 2. The number of carbonyl (C=O) groups excluding carboxylic acids is 1. The summed E-state index contributed by atoms with van der Waals surface area (Å²) in [5.74, 6) is -0.0841. The molecule has 2 heterocycles. The van der Waals surface area contributed by atoms with Gasteiger partial charge in [0, 0.05) is 25.7 Å². The molecule has 3 N–H and O–H groups in total. The van der Waals surface area contributed by atoms with Crippen LogP contribution in [0, 0.1) is 5.92 Å². The third-order valence-electron chi connectivity index (χ3n) is 3.35. The number of piperidine rings is 1. The number of amides is 2. The molecular formula is C12H16N4O4. The Kier molecular flexibility index (Phi) is 4.34. The maximum absolute atomic E-state index is 11.8. The van der Waals surface area contributed by atoms with Gasteiger partial charge >= 0.3 is 6.09 Å². The van der Waals surface area contributed by atoms with Gasteiger partial charge in [-0.05, 0) is 24.8 Å². The molecule has 1 aliphatic rings. The topological polar surface area (TPSA) is 115 Å². The molecule has 0 spiro atoms. The number of likely N-dealkylation sites (tertiary alicyclic amines) is 1. The van der Waals surface area contributed by atoms with Crippen LogP contribution in [0.4, 0.5) is 4.79 Å². The zero-order chi connectivity index (χ0) is 14.5. The SMILES string of the molecule is O=C(NCC1CCN(C(=O)O)CC1)c1ccc(=O)[nH]n1. The highest BCUT2D eigenvalue weighted by Crippen LogP contribution is 2.16. The standard InChI is InChI=1S/C12H16N4O4/c17-10-2-1-9(14-15-10)11(18)13-7-8-3-5-16(6-4-8)12(19)20/h1-2,8H,3-7H2,(H,13,18)(H,15,17)(H,19,20). The van der Waals surface area contributed by atoms with Gasteiger partial charge in [-0.3, -0.25) is 9.59 Å². The Hall–Kier alpha value is -2.38. The Bertz CT molecular complexity index is 528. The molecule has 108 valence electrons. The van der Waals surface area contributed by atoms with Crippen LogP contribution in [-0.4, -0.2) is 51.8 Å². The molecule has 1 saturated heterocycles. The van der Waals surface area contributed by atoms with Gasteiger partial charge in [0.25, 0.3) is 11.5 Å². The van der Waals surface area contributed by atoms with E-state index in [9.17, 15) is 14.4 Å². The molecular weight excluding hydrogens is 264 g/mol. The summed E-state index contributed by atoms with van der Waals surface area (Å²) in [4.78, 5) is 34.7. The maximum Gasteiger partial charge on any atom is 0.407 e. The minimum absolute atomic E-state index is 0.160. The summed E-state index contributed by atoms with van der Waals surface area (Å²) in [5, 5.41) is 17.4. The fraction of sp³-hybridized carbons (Fsp3) is 0.500. The number of nitrogens with zero attached hydrogens (tertiary/aromatic N) is 2. The van der Waals surface area contributed by atoms with Crippen molar-refractivity contribution in [2.45, 2.75) is 12.8 Å². The number of aromatic amines is 1. The Morgan fingerprint density at radius 1 is 1.40 bits per heavy atom. The number of carboxylic acid groups (broad SMARTS) is 1. The first-order valence-corrected chi connectivity index (χ1v) is 6.38. The lowest BCUT2D eigenvalue weighted by Crippen LogP contribution is -2.41. The first kappa shape index (κ1) is 14.0. The highest BCUT2D eigenvalue weighted by molar-refractivity contribution is 5.91. The minimum Gasteiger partial charge on any atom is -0.465 e. The van der Waals surface area contributed by atoms with Crippen LogP contribution in [-0.2, 0) is 0 Å². The molecule has 2 amide bonds. The summed E-state index contributed by atoms with van der Waals surface area (Å²) in [6.45, 7) is 1.46. The van der Waals surface area contributed by atoms with Gasteiger partial charge in [0.2, 0.25) is 0 Å². The molecule has 0 bridgehead atoms. The van der Waals surface area contributed by atoms with Crippen molar-refractivity contribution >= 4 is 12.0 Å². The van der Waals surface area contributed by atoms with Gasteiger partial charge in [0.05, 0.1) is 0 Å². The van der Waals surface area contributed by atoms with E-state index in [1.54, 1.807) is 0 Å². The van der Waals surface area contributed by atoms with Crippen molar-refractivity contribution in [1.29, 1.82) is 0 Å². The van der Waals surface area contributed by atoms with E-state index in [0.29, 0.717) is 19.6 Å². The largest absolute Gasteiger partial charge is 0.465 e. The van der Waals surface area contributed by atoms with Crippen LogP contribution < -0.4 is 10.9 Å². The smallest absolute Gasteiger partial charge is 0.407 e. The monoisotopic (exact) mass is 280 g/mol. The minimum atomic E-state index is -0.898. The van der Waals surface area contributed by atoms with Crippen LogP contribution in [0.15, 0.2) is 16.9 Å². The molecule has 0 radical (unpaired) electrons. The van der Waals surface area contributed by atoms with Gasteiger partial charge in [-0.25, -0.2) is 9.89 Å². The van der Waals surface area contributed by atoms with E-state index in [1.165, 1.54) is 17.0 Å². The zero-order valence-corrected chi connectivity index (χ0v) is 10.8. The van der Waals surface area contributed by atoms with Crippen molar-refractivity contribution in [2.75, 3.05) is 19.6 Å². The molecule has 0 aliphatic carbocycles. The summed E-state index contributed by atoms with van der Waals surface area (Å²) in [6.07, 6.45) is 0.557. The molecule has 1 fully saturated rings. The second-order valence-corrected chi connectivity index (χ2v) is 4.73. The Labute approximate surface area is 114 Å². The first-order chi connectivity index (χ1) is 9.56. The molecule has 1 aromatic heterocycles. The van der Waals surface area contributed by atoms with E-state index >= 15 is 0 Å². The Morgan fingerprint density at radius 3 is 2.65 bits per heavy atom. The molecule has 0 saturated carbocycles. The number of H-pyrrole nitrogens is 1. The zero-order valence-electron chi connectivity index (χ0n) is 10.8. The van der Waals surface area contributed by atoms with Crippen LogP contribution in [0.25, 0.3) is 0 Å². The molecule has 8 nitrogen and oxygen atoms in total. The van der Waals surface area contributed by atoms with Crippen molar-refractivity contribution < 1.29 is 14.7 Å². The molecule has 8 heteroatoms. The average Bonchev–Trinajstić information content (AvgIpc) is 2.46. The van der Waals surface area contributed by atoms with Crippen molar-refractivity contribution in [3.8, 4) is 0 Å². The third-order valence-corrected chi connectivity index (χ3v) is 3.35. The van der Waals surface area contributed by atoms with Crippen LogP contribution >= 0.6 is 0 Å². The maximum atomic E-state index is 11.8. The van der Waals surface area contributed by atoms with E-state index in [1.807, 2.05) is 0 Å². The molecule has 20 heavy (non-hydrogen) atoms. The van der Waals surface area contributed by atoms with Gasteiger partial charge in [0.1, 0.15) is 5.69 Å². The van der Waals surface area contributed by atoms with Crippen LogP contribution in [0.5, 0.6) is 0 Å². The van der Waals surface area contributed by atoms with Crippen LogP contribution in [0.1, 0.15) is 23.3 Å². The second-order valence-electron chi connectivity index (χ2n) is 4.73. The number of rotatable bonds is 3. The van der Waals surface area contributed by atoms with Crippen LogP contribution in [0.3, 0.4) is 0 Å². The number of nitrogens with one attached hydrogen (secondary N) is 2. The molecule has 0 atom stereocenters. The predicted octanol–water partition coefficient (Wildman–Crippen LogP) is -0.110. The van der Waals surface area contributed by atoms with E-state index in [-0.39, 0.29) is 23.1 Å². The van der Waals surface area contributed by atoms with Gasteiger partial charge in [-0.1, -0.05) is 0 Å². The fourth-order valence-corrected chi connectivity index (χ4v) is 2.13. The van der Waals surface area contributed by atoms with Gasteiger partial charge < -0.3 is 15.3 Å². The number of aromatic nitrogens is 2. The van der Waals surface area contributed by atoms with Crippen molar-refractivity contribution in [2.24, 2.45) is 5.92 Å². The molecule has 0 aromatic carbocycles. The summed E-state index contributed by atoms with van der Waals surface area (Å²) in [6, 6.07) is 2.61. The van der Waals surface area contributed by atoms with Gasteiger partial charge in [0.15, 0.2) is 0 Å². The van der Waals surface area contributed by atoms with E-state index in [0.717, 1.165) is 12.8 Å².